The molecule has 0 saturated carbocycles. The van der Waals surface area contributed by atoms with Crippen molar-refractivity contribution in [3.8, 4) is 0 Å². The molecule has 2 N–H and O–H groups in total. The number of nitrogens with zero attached hydrogens (tertiary/aromatic N) is 1. The van der Waals surface area contributed by atoms with Crippen LogP contribution in [0.4, 0.5) is 0 Å². The zero-order valence-corrected chi connectivity index (χ0v) is 13.2. The molecule has 6 heteroatoms. The lowest BCUT2D eigenvalue weighted by molar-refractivity contribution is 0.192. The lowest BCUT2D eigenvalue weighted by Gasteiger charge is -2.32. The number of hydrogen-bond acceptors (Lipinski definition) is 4. The highest BCUT2D eigenvalue weighted by Crippen LogP contribution is 2.29. The standard InChI is InChI=1S/C14H20N2O2S2/c1-16(12-7-8-20(17,18)10-12)13(9-14(15)19)11-5-3-2-4-6-11/h2-6,12-13H,7-10H2,1H3,(H2,15,19). The van der Waals surface area contributed by atoms with Crippen LogP contribution in [0.2, 0.25) is 0 Å². The van der Waals surface area contributed by atoms with E-state index in [9.17, 15) is 8.42 Å². The average Bonchev–Trinajstić information content (AvgIpc) is 2.76. The highest BCUT2D eigenvalue weighted by molar-refractivity contribution is 7.91. The van der Waals surface area contributed by atoms with Crippen molar-refractivity contribution in [1.82, 2.24) is 4.90 Å². The van der Waals surface area contributed by atoms with E-state index in [4.69, 9.17) is 18.0 Å². The first-order valence-electron chi connectivity index (χ1n) is 6.64. The molecule has 1 aromatic rings. The summed E-state index contributed by atoms with van der Waals surface area (Å²) < 4.78 is 23.3. The molecule has 1 heterocycles. The molecular formula is C14H20N2O2S2. The van der Waals surface area contributed by atoms with E-state index in [1.807, 2.05) is 37.4 Å². The third kappa shape index (κ3) is 3.77. The predicted molar refractivity (Wildman–Crippen MR) is 85.4 cm³/mol. The molecular weight excluding hydrogens is 292 g/mol. The van der Waals surface area contributed by atoms with Crippen LogP contribution in [-0.4, -0.2) is 42.9 Å². The van der Waals surface area contributed by atoms with Gasteiger partial charge in [0.2, 0.25) is 0 Å². The quantitative estimate of drug-likeness (QED) is 0.835. The maximum atomic E-state index is 11.6. The first kappa shape index (κ1) is 15.4. The van der Waals surface area contributed by atoms with Gasteiger partial charge in [-0.25, -0.2) is 8.42 Å². The van der Waals surface area contributed by atoms with Crippen LogP contribution in [0, 0.1) is 0 Å². The molecule has 0 radical (unpaired) electrons. The fourth-order valence-corrected chi connectivity index (χ4v) is 4.66. The van der Waals surface area contributed by atoms with E-state index in [1.54, 1.807) is 0 Å². The monoisotopic (exact) mass is 312 g/mol. The summed E-state index contributed by atoms with van der Waals surface area (Å²) in [6, 6.07) is 10.0. The Labute approximate surface area is 125 Å². The van der Waals surface area contributed by atoms with E-state index < -0.39 is 9.84 Å². The van der Waals surface area contributed by atoms with Crippen molar-refractivity contribution in [2.75, 3.05) is 18.6 Å². The van der Waals surface area contributed by atoms with Gasteiger partial charge in [-0.15, -0.1) is 0 Å². The number of rotatable bonds is 5. The van der Waals surface area contributed by atoms with Crippen LogP contribution in [-0.2, 0) is 9.84 Å². The largest absolute Gasteiger partial charge is 0.393 e. The van der Waals surface area contributed by atoms with Crippen molar-refractivity contribution in [1.29, 1.82) is 0 Å². The molecule has 1 fully saturated rings. The normalized spacial score (nSPS) is 22.8. The molecule has 2 unspecified atom stereocenters. The Kier molecular flexibility index (Phi) is 4.78. The number of nitrogens with two attached hydrogens (primary N) is 1. The Balaban J connectivity index is 2.21. The Morgan fingerprint density at radius 3 is 2.60 bits per heavy atom. The third-order valence-corrected chi connectivity index (χ3v) is 5.77. The van der Waals surface area contributed by atoms with Crippen LogP contribution in [0.1, 0.15) is 24.4 Å². The Bertz CT molecular complexity index is 572. The topological polar surface area (TPSA) is 63.4 Å². The Morgan fingerprint density at radius 2 is 2.10 bits per heavy atom. The second kappa shape index (κ2) is 6.20. The molecule has 2 rings (SSSR count). The summed E-state index contributed by atoms with van der Waals surface area (Å²) in [5.41, 5.74) is 6.82. The van der Waals surface area contributed by atoms with Gasteiger partial charge < -0.3 is 5.73 Å². The van der Waals surface area contributed by atoms with Crippen LogP contribution in [0.25, 0.3) is 0 Å². The van der Waals surface area contributed by atoms with E-state index in [2.05, 4.69) is 4.90 Å². The summed E-state index contributed by atoms with van der Waals surface area (Å²) in [5.74, 6) is 0.501. The molecule has 1 aromatic carbocycles. The van der Waals surface area contributed by atoms with Crippen molar-refractivity contribution in [3.05, 3.63) is 35.9 Å². The number of sulfone groups is 1. The zero-order chi connectivity index (χ0) is 14.8. The van der Waals surface area contributed by atoms with Crippen molar-refractivity contribution in [2.45, 2.75) is 24.9 Å². The highest BCUT2D eigenvalue weighted by Gasteiger charge is 2.34. The molecule has 0 amide bonds. The van der Waals surface area contributed by atoms with E-state index in [0.717, 1.165) is 5.56 Å². The van der Waals surface area contributed by atoms with Gasteiger partial charge in [-0.1, -0.05) is 42.5 Å². The van der Waals surface area contributed by atoms with Crippen LogP contribution in [0.15, 0.2) is 30.3 Å². The molecule has 0 aliphatic carbocycles. The van der Waals surface area contributed by atoms with E-state index in [-0.39, 0.29) is 23.6 Å². The van der Waals surface area contributed by atoms with Crippen LogP contribution < -0.4 is 5.73 Å². The molecule has 2 atom stereocenters. The van der Waals surface area contributed by atoms with Crippen molar-refractivity contribution in [3.63, 3.8) is 0 Å². The fraction of sp³-hybridized carbons (Fsp3) is 0.500. The van der Waals surface area contributed by atoms with Gasteiger partial charge in [-0.3, -0.25) is 4.90 Å². The van der Waals surface area contributed by atoms with Crippen molar-refractivity contribution < 1.29 is 8.42 Å². The summed E-state index contributed by atoms with van der Waals surface area (Å²) in [6.45, 7) is 0. The minimum Gasteiger partial charge on any atom is -0.393 e. The van der Waals surface area contributed by atoms with Crippen LogP contribution >= 0.6 is 12.2 Å². The van der Waals surface area contributed by atoms with Gasteiger partial charge in [0, 0.05) is 18.5 Å². The van der Waals surface area contributed by atoms with Gasteiger partial charge in [0.15, 0.2) is 9.84 Å². The van der Waals surface area contributed by atoms with Crippen molar-refractivity contribution >= 4 is 27.0 Å². The molecule has 0 aromatic heterocycles. The highest BCUT2D eigenvalue weighted by atomic mass is 32.2. The van der Waals surface area contributed by atoms with E-state index in [0.29, 0.717) is 17.8 Å². The molecule has 0 spiro atoms. The molecule has 4 nitrogen and oxygen atoms in total. The molecule has 20 heavy (non-hydrogen) atoms. The number of benzene rings is 1. The second-order valence-electron chi connectivity index (χ2n) is 5.32. The molecule has 1 aliphatic rings. The smallest absolute Gasteiger partial charge is 0.151 e. The van der Waals surface area contributed by atoms with E-state index in [1.165, 1.54) is 0 Å². The van der Waals surface area contributed by atoms with Gasteiger partial charge in [-0.2, -0.15) is 0 Å². The number of hydrogen-bond donors (Lipinski definition) is 1. The summed E-state index contributed by atoms with van der Waals surface area (Å²) in [4.78, 5) is 2.56. The van der Waals surface area contributed by atoms with E-state index >= 15 is 0 Å². The van der Waals surface area contributed by atoms with Gasteiger partial charge in [0.25, 0.3) is 0 Å². The first-order valence-corrected chi connectivity index (χ1v) is 8.87. The molecule has 1 aliphatic heterocycles. The van der Waals surface area contributed by atoms with Crippen molar-refractivity contribution in [2.24, 2.45) is 5.73 Å². The van der Waals surface area contributed by atoms with Crippen LogP contribution in [0.3, 0.4) is 0 Å². The predicted octanol–water partition coefficient (Wildman–Crippen LogP) is 1.52. The third-order valence-electron chi connectivity index (χ3n) is 3.85. The summed E-state index contributed by atoms with van der Waals surface area (Å²) in [6.07, 6.45) is 1.24. The SMILES string of the molecule is CN(C1CCS(=O)(=O)C1)C(CC(N)=S)c1ccccc1. The van der Waals surface area contributed by atoms with Crippen LogP contribution in [0.5, 0.6) is 0 Å². The summed E-state index contributed by atoms with van der Waals surface area (Å²) >= 11 is 5.04. The minimum atomic E-state index is -2.89. The Morgan fingerprint density at radius 1 is 1.45 bits per heavy atom. The fourth-order valence-electron chi connectivity index (χ4n) is 2.71. The Hall–Kier alpha value is -0.980. The van der Waals surface area contributed by atoms with Gasteiger partial charge in [-0.05, 0) is 19.0 Å². The zero-order valence-electron chi connectivity index (χ0n) is 11.5. The average molecular weight is 312 g/mol. The maximum absolute atomic E-state index is 11.6. The first-order chi connectivity index (χ1) is 9.39. The lowest BCUT2D eigenvalue weighted by Crippen LogP contribution is -2.37. The molecule has 110 valence electrons. The number of thiocarbonyl (C=S) groups is 1. The summed E-state index contributed by atoms with van der Waals surface area (Å²) in [7, 11) is -0.931. The maximum Gasteiger partial charge on any atom is 0.151 e. The lowest BCUT2D eigenvalue weighted by atomic mass is 10.0. The van der Waals surface area contributed by atoms with Gasteiger partial charge in [0.05, 0.1) is 16.5 Å². The minimum absolute atomic E-state index is 0.0343. The second-order valence-corrected chi connectivity index (χ2v) is 8.07. The summed E-state index contributed by atoms with van der Waals surface area (Å²) in [5, 5.41) is 0. The molecule has 0 bridgehead atoms. The molecule has 1 saturated heterocycles. The van der Waals surface area contributed by atoms with Gasteiger partial charge in [0.1, 0.15) is 0 Å². The van der Waals surface area contributed by atoms with Gasteiger partial charge >= 0.3 is 0 Å².